The van der Waals surface area contributed by atoms with E-state index in [9.17, 15) is 9.59 Å². The summed E-state index contributed by atoms with van der Waals surface area (Å²) >= 11 is 0. The van der Waals surface area contributed by atoms with Crippen LogP contribution in [0.1, 0.15) is 54.1 Å². The molecule has 1 N–H and O–H groups in total. The number of ketones is 1. The molecule has 5 nitrogen and oxygen atoms in total. The largest absolute Gasteiger partial charge is 0.496 e. The van der Waals surface area contributed by atoms with Crippen molar-refractivity contribution in [3.8, 4) is 5.75 Å². The van der Waals surface area contributed by atoms with E-state index < -0.39 is 0 Å². The Kier molecular flexibility index (Phi) is 5.42. The number of nitrogens with one attached hydrogen (secondary N) is 1. The van der Waals surface area contributed by atoms with E-state index in [4.69, 9.17) is 4.74 Å². The molecule has 0 bridgehead atoms. The lowest BCUT2D eigenvalue weighted by molar-refractivity contribution is -0.118. The first-order valence-corrected chi connectivity index (χ1v) is 9.32. The predicted molar refractivity (Wildman–Crippen MR) is 98.6 cm³/mol. The number of Topliss-reactive ketones (excluding diaryl/α,β-unsaturated/α-hetero) is 1. The van der Waals surface area contributed by atoms with Crippen molar-refractivity contribution in [2.24, 2.45) is 5.92 Å². The monoisotopic (exact) mass is 344 g/mol. The summed E-state index contributed by atoms with van der Waals surface area (Å²) in [5, 5.41) is 3.43. The lowest BCUT2D eigenvalue weighted by Crippen LogP contribution is -2.36. The second kappa shape index (κ2) is 7.56. The van der Waals surface area contributed by atoms with Gasteiger partial charge in [0.05, 0.1) is 12.8 Å². The summed E-state index contributed by atoms with van der Waals surface area (Å²) in [7, 11) is 3.42. The van der Waals surface area contributed by atoms with Crippen LogP contribution in [-0.2, 0) is 17.6 Å². The number of nitrogens with zero attached hydrogens (tertiary/aromatic N) is 1. The molecule has 2 aliphatic rings. The zero-order valence-corrected chi connectivity index (χ0v) is 15.5. The third-order valence-electron chi connectivity index (χ3n) is 5.48. The van der Waals surface area contributed by atoms with E-state index in [1.54, 1.807) is 19.1 Å². The average molecular weight is 344 g/mol. The minimum Gasteiger partial charge on any atom is -0.496 e. The van der Waals surface area contributed by atoms with Crippen molar-refractivity contribution in [2.75, 3.05) is 32.1 Å². The first-order valence-electron chi connectivity index (χ1n) is 9.32. The van der Waals surface area contributed by atoms with E-state index >= 15 is 0 Å². The number of unbranched alkanes of at least 4 members (excludes halogenated alkanes) is 1. The molecule has 0 saturated heterocycles. The molecule has 1 amide bonds. The van der Waals surface area contributed by atoms with Gasteiger partial charge in [-0.15, -0.1) is 0 Å². The number of benzene rings is 1. The molecular formula is C20H28N2O3. The van der Waals surface area contributed by atoms with Crippen molar-refractivity contribution in [3.05, 3.63) is 22.8 Å². The van der Waals surface area contributed by atoms with Crippen LogP contribution in [0.2, 0.25) is 0 Å². The zero-order chi connectivity index (χ0) is 18.0. The number of hydrogen-bond donors (Lipinski definition) is 1. The number of carbonyl (C=O) groups excluding carboxylic acids is 2. The number of anilines is 1. The SMILES string of the molecule is CCCCNCC1CCc2c(OC)cc3c(c2C1=O)CCC(=O)N3C. The normalized spacial score (nSPS) is 19.6. The van der Waals surface area contributed by atoms with Gasteiger partial charge in [-0.05, 0) is 37.8 Å². The number of ether oxygens (including phenoxy) is 1. The van der Waals surface area contributed by atoms with Crippen LogP contribution in [0.5, 0.6) is 5.75 Å². The highest BCUT2D eigenvalue weighted by molar-refractivity contribution is 6.06. The van der Waals surface area contributed by atoms with E-state index in [1.807, 2.05) is 6.07 Å². The zero-order valence-electron chi connectivity index (χ0n) is 15.5. The highest BCUT2D eigenvalue weighted by Crippen LogP contribution is 2.41. The Balaban J connectivity index is 1.94. The van der Waals surface area contributed by atoms with Gasteiger partial charge in [0.1, 0.15) is 5.75 Å². The van der Waals surface area contributed by atoms with Crippen molar-refractivity contribution in [3.63, 3.8) is 0 Å². The van der Waals surface area contributed by atoms with Gasteiger partial charge in [0.25, 0.3) is 0 Å². The Morgan fingerprint density at radius 1 is 1.24 bits per heavy atom. The van der Waals surface area contributed by atoms with Crippen LogP contribution < -0.4 is 15.0 Å². The summed E-state index contributed by atoms with van der Waals surface area (Å²) in [4.78, 5) is 26.9. The molecular weight excluding hydrogens is 316 g/mol. The van der Waals surface area contributed by atoms with Crippen molar-refractivity contribution in [2.45, 2.75) is 45.4 Å². The van der Waals surface area contributed by atoms with Gasteiger partial charge in [0.2, 0.25) is 5.91 Å². The molecule has 0 spiro atoms. The fourth-order valence-electron chi connectivity index (χ4n) is 3.97. The number of fused-ring (bicyclic) bond motifs is 3. The van der Waals surface area contributed by atoms with Crippen molar-refractivity contribution in [1.29, 1.82) is 0 Å². The van der Waals surface area contributed by atoms with Crippen LogP contribution >= 0.6 is 0 Å². The van der Waals surface area contributed by atoms with Crippen LogP contribution in [0, 0.1) is 5.92 Å². The summed E-state index contributed by atoms with van der Waals surface area (Å²) in [5.41, 5.74) is 3.71. The van der Waals surface area contributed by atoms with Crippen LogP contribution in [0.15, 0.2) is 6.07 Å². The van der Waals surface area contributed by atoms with Crippen LogP contribution in [0.3, 0.4) is 0 Å². The molecule has 1 aromatic rings. The molecule has 0 saturated carbocycles. The van der Waals surface area contributed by atoms with Gasteiger partial charge in [0.15, 0.2) is 5.78 Å². The molecule has 136 valence electrons. The minimum absolute atomic E-state index is 0.0171. The molecule has 25 heavy (non-hydrogen) atoms. The number of methoxy groups -OCH3 is 1. The highest BCUT2D eigenvalue weighted by Gasteiger charge is 2.35. The molecule has 1 atom stereocenters. The van der Waals surface area contributed by atoms with Gasteiger partial charge in [-0.3, -0.25) is 9.59 Å². The van der Waals surface area contributed by atoms with Gasteiger partial charge in [-0.25, -0.2) is 0 Å². The number of carbonyl (C=O) groups is 2. The van der Waals surface area contributed by atoms with Gasteiger partial charge in [0, 0.05) is 43.1 Å². The predicted octanol–water partition coefficient (Wildman–Crippen LogP) is 2.74. The third kappa shape index (κ3) is 3.30. The van der Waals surface area contributed by atoms with Crippen LogP contribution in [-0.4, -0.2) is 38.9 Å². The Morgan fingerprint density at radius 3 is 2.76 bits per heavy atom. The fraction of sp³-hybridized carbons (Fsp3) is 0.600. The lowest BCUT2D eigenvalue weighted by atomic mass is 9.77. The smallest absolute Gasteiger partial charge is 0.227 e. The van der Waals surface area contributed by atoms with Gasteiger partial charge in [-0.1, -0.05) is 13.3 Å². The van der Waals surface area contributed by atoms with Crippen LogP contribution in [0.4, 0.5) is 5.69 Å². The maximum Gasteiger partial charge on any atom is 0.227 e. The molecule has 1 heterocycles. The molecule has 1 unspecified atom stereocenters. The highest BCUT2D eigenvalue weighted by atomic mass is 16.5. The Morgan fingerprint density at radius 2 is 2.04 bits per heavy atom. The molecule has 1 aromatic carbocycles. The molecule has 0 fully saturated rings. The Hall–Kier alpha value is -1.88. The van der Waals surface area contributed by atoms with Gasteiger partial charge in [-0.2, -0.15) is 0 Å². The van der Waals surface area contributed by atoms with Crippen LogP contribution in [0.25, 0.3) is 0 Å². The number of rotatable bonds is 6. The standard InChI is InChI=1S/C20H28N2O3/c1-4-5-10-21-12-13-6-7-15-17(25-3)11-16-14(19(15)20(13)24)8-9-18(23)22(16)2/h11,13,21H,4-10,12H2,1-3H3. The summed E-state index contributed by atoms with van der Waals surface area (Å²) < 4.78 is 5.55. The molecule has 1 aliphatic heterocycles. The minimum atomic E-state index is 0.0171. The van der Waals surface area contributed by atoms with E-state index in [-0.39, 0.29) is 17.6 Å². The summed E-state index contributed by atoms with van der Waals surface area (Å²) in [5.74, 6) is 1.06. The van der Waals surface area contributed by atoms with Crippen molar-refractivity contribution < 1.29 is 14.3 Å². The molecule has 3 rings (SSSR count). The van der Waals surface area contributed by atoms with Crippen molar-refractivity contribution in [1.82, 2.24) is 5.32 Å². The second-order valence-corrected chi connectivity index (χ2v) is 7.04. The first-order chi connectivity index (χ1) is 12.1. The molecule has 5 heteroatoms. The maximum absolute atomic E-state index is 13.2. The van der Waals surface area contributed by atoms with E-state index in [0.29, 0.717) is 12.8 Å². The summed E-state index contributed by atoms with van der Waals surface area (Å²) in [6.45, 7) is 3.86. The topological polar surface area (TPSA) is 58.6 Å². The quantitative estimate of drug-likeness (QED) is 0.806. The first kappa shape index (κ1) is 17.9. The molecule has 0 radical (unpaired) electrons. The summed E-state index contributed by atoms with van der Waals surface area (Å²) in [6.07, 6.45) is 5.11. The average Bonchev–Trinajstić information content (AvgIpc) is 2.62. The van der Waals surface area contributed by atoms with E-state index in [2.05, 4.69) is 12.2 Å². The van der Waals surface area contributed by atoms with Crippen molar-refractivity contribution >= 4 is 17.4 Å². The Bertz CT molecular complexity index is 684. The third-order valence-corrected chi connectivity index (χ3v) is 5.48. The lowest BCUT2D eigenvalue weighted by Gasteiger charge is -2.33. The number of hydrogen-bond acceptors (Lipinski definition) is 4. The number of amides is 1. The summed E-state index contributed by atoms with van der Waals surface area (Å²) in [6, 6.07) is 1.93. The maximum atomic E-state index is 13.2. The fourth-order valence-corrected chi connectivity index (χ4v) is 3.97. The Labute approximate surface area is 149 Å². The second-order valence-electron chi connectivity index (χ2n) is 7.04. The van der Waals surface area contributed by atoms with E-state index in [0.717, 1.165) is 66.9 Å². The van der Waals surface area contributed by atoms with Gasteiger partial charge < -0.3 is 15.0 Å². The molecule has 1 aliphatic carbocycles. The molecule has 0 aromatic heterocycles. The van der Waals surface area contributed by atoms with E-state index in [1.165, 1.54) is 0 Å². The van der Waals surface area contributed by atoms with Gasteiger partial charge >= 0.3 is 0 Å².